The Hall–Kier alpha value is -3.21. The summed E-state index contributed by atoms with van der Waals surface area (Å²) in [5.74, 6) is 0.685. The molecule has 3 rings (SSSR count). The molecule has 3 aromatic heterocycles. The van der Waals surface area contributed by atoms with Gasteiger partial charge in [-0.05, 0) is 6.42 Å². The largest absolute Gasteiger partial charge is 0.384 e. The van der Waals surface area contributed by atoms with Gasteiger partial charge in [0.05, 0.1) is 19.1 Å². The van der Waals surface area contributed by atoms with Crippen LogP contribution in [0.4, 0.5) is 5.82 Å². The van der Waals surface area contributed by atoms with E-state index in [0.29, 0.717) is 42.8 Å². The van der Waals surface area contributed by atoms with Gasteiger partial charge < -0.3 is 19.4 Å². The van der Waals surface area contributed by atoms with E-state index < -0.39 is 17.4 Å². The maximum Gasteiger partial charge on any atom is 0.332 e. The molecule has 0 saturated heterocycles. The van der Waals surface area contributed by atoms with E-state index >= 15 is 0 Å². The molecule has 3 aromatic rings. The molecule has 0 fully saturated rings. The predicted molar refractivity (Wildman–Crippen MR) is 97.7 cm³/mol. The topological polar surface area (TPSA) is 131 Å². The first-order chi connectivity index (χ1) is 12.9. The van der Waals surface area contributed by atoms with Crippen molar-refractivity contribution in [2.75, 3.05) is 18.0 Å². The highest BCUT2D eigenvalue weighted by Gasteiger charge is 2.16. The lowest BCUT2D eigenvalue weighted by molar-refractivity contribution is -0.114. The van der Waals surface area contributed by atoms with E-state index in [0.717, 1.165) is 4.57 Å². The van der Waals surface area contributed by atoms with Crippen LogP contribution in [0.5, 0.6) is 0 Å². The zero-order chi connectivity index (χ0) is 19.6. The number of anilines is 1. The summed E-state index contributed by atoms with van der Waals surface area (Å²) in [5.41, 5.74) is -0.121. The second-order valence-electron chi connectivity index (χ2n) is 6.26. The van der Waals surface area contributed by atoms with Crippen LogP contribution < -0.4 is 16.1 Å². The van der Waals surface area contributed by atoms with Crippen molar-refractivity contribution < 1.29 is 9.90 Å². The van der Waals surface area contributed by atoms with Crippen molar-refractivity contribution in [3.63, 3.8) is 0 Å². The number of rotatable bonds is 8. The number of aromatic nitrogens is 6. The van der Waals surface area contributed by atoms with Gasteiger partial charge in [-0.15, -0.1) is 0 Å². The van der Waals surface area contributed by atoms with Gasteiger partial charge in [-0.25, -0.2) is 9.78 Å². The Kier molecular flexibility index (Phi) is 5.21. The lowest BCUT2D eigenvalue weighted by Crippen LogP contribution is -2.37. The lowest BCUT2D eigenvalue weighted by Gasteiger charge is -2.23. The van der Waals surface area contributed by atoms with Crippen molar-refractivity contribution >= 4 is 23.3 Å². The van der Waals surface area contributed by atoms with E-state index in [1.807, 2.05) is 0 Å². The molecule has 0 aliphatic carbocycles. The van der Waals surface area contributed by atoms with Gasteiger partial charge in [0.2, 0.25) is 0 Å². The molecule has 0 aliphatic heterocycles. The maximum atomic E-state index is 12.4. The zero-order valence-corrected chi connectivity index (χ0v) is 15.1. The highest BCUT2D eigenvalue weighted by Crippen LogP contribution is 2.11. The Labute approximate surface area is 153 Å². The quantitative estimate of drug-likeness (QED) is 0.464. The summed E-state index contributed by atoms with van der Waals surface area (Å²) in [6.07, 6.45) is 3.11. The van der Waals surface area contributed by atoms with Crippen molar-refractivity contribution in [3.8, 4) is 0 Å². The van der Waals surface area contributed by atoms with Gasteiger partial charge in [0.1, 0.15) is 18.2 Å². The fourth-order valence-electron chi connectivity index (χ4n) is 3.00. The summed E-state index contributed by atoms with van der Waals surface area (Å²) < 4.78 is 4.10. The number of carbonyl (C=O) groups is 1. The fraction of sp³-hybridized carbons (Fsp3) is 0.438. The minimum atomic E-state index is -1.11. The van der Waals surface area contributed by atoms with Crippen molar-refractivity contribution in [2.24, 2.45) is 14.1 Å². The highest BCUT2D eigenvalue weighted by molar-refractivity contribution is 5.69. The Bertz CT molecular complexity index is 1050. The number of hydrogen-bond donors (Lipinski definition) is 2. The lowest BCUT2D eigenvalue weighted by atomic mass is 10.3. The van der Waals surface area contributed by atoms with Crippen LogP contribution in [0.15, 0.2) is 28.2 Å². The zero-order valence-electron chi connectivity index (χ0n) is 15.1. The third kappa shape index (κ3) is 3.53. The van der Waals surface area contributed by atoms with Gasteiger partial charge in [0, 0.05) is 33.3 Å². The maximum absolute atomic E-state index is 12.4. The summed E-state index contributed by atoms with van der Waals surface area (Å²) >= 11 is 0. The van der Waals surface area contributed by atoms with Crippen molar-refractivity contribution in [3.05, 3.63) is 39.4 Å². The first kappa shape index (κ1) is 18.6. The van der Waals surface area contributed by atoms with Gasteiger partial charge in [-0.2, -0.15) is 5.10 Å². The van der Waals surface area contributed by atoms with Crippen molar-refractivity contribution in [1.29, 1.82) is 0 Å². The Morgan fingerprint density at radius 3 is 2.78 bits per heavy atom. The molecule has 11 heteroatoms. The van der Waals surface area contributed by atoms with Gasteiger partial charge >= 0.3 is 5.69 Å². The average Bonchev–Trinajstić information content (AvgIpc) is 3.33. The van der Waals surface area contributed by atoms with E-state index in [4.69, 9.17) is 0 Å². The molecule has 0 spiro atoms. The van der Waals surface area contributed by atoms with E-state index in [-0.39, 0.29) is 6.54 Å². The van der Waals surface area contributed by atoms with Crippen molar-refractivity contribution in [2.45, 2.75) is 19.1 Å². The molecule has 3 heterocycles. The van der Waals surface area contributed by atoms with E-state index in [1.54, 1.807) is 28.8 Å². The number of aryl methyl sites for hydroxylation is 2. The summed E-state index contributed by atoms with van der Waals surface area (Å²) in [6.45, 7) is 1.12. The number of aliphatic hydroxyl groups excluding tert-OH is 1. The molecule has 144 valence electrons. The van der Waals surface area contributed by atoms with Gasteiger partial charge in [0.15, 0.2) is 11.2 Å². The van der Waals surface area contributed by atoms with Crippen LogP contribution in [-0.4, -0.2) is 59.5 Å². The SMILES string of the molecule is Cn1c(=O)c2c(ncn2CCCN(CC(O)C=O)c2ccn[nH]2)n(C)c1=O. The molecular weight excluding hydrogens is 354 g/mol. The minimum absolute atomic E-state index is 0.132. The number of fused-ring (bicyclic) bond motifs is 1. The molecule has 1 atom stereocenters. The normalized spacial score (nSPS) is 12.4. The molecule has 2 N–H and O–H groups in total. The second kappa shape index (κ2) is 7.58. The highest BCUT2D eigenvalue weighted by atomic mass is 16.3. The molecule has 0 saturated carbocycles. The second-order valence-corrected chi connectivity index (χ2v) is 6.26. The number of nitrogens with one attached hydrogen (secondary N) is 1. The first-order valence-corrected chi connectivity index (χ1v) is 8.42. The number of aldehydes is 1. The van der Waals surface area contributed by atoms with Crippen LogP contribution in [0.1, 0.15) is 6.42 Å². The molecule has 11 nitrogen and oxygen atoms in total. The molecule has 0 aromatic carbocycles. The van der Waals surface area contributed by atoms with Gasteiger partial charge in [-0.3, -0.25) is 19.0 Å². The number of aliphatic hydroxyl groups is 1. The Morgan fingerprint density at radius 2 is 2.11 bits per heavy atom. The van der Waals surface area contributed by atoms with Crippen molar-refractivity contribution in [1.82, 2.24) is 28.9 Å². The molecule has 1 unspecified atom stereocenters. The Morgan fingerprint density at radius 1 is 1.33 bits per heavy atom. The van der Waals surface area contributed by atoms with Crippen LogP contribution in [-0.2, 0) is 25.4 Å². The molecule has 0 bridgehead atoms. The standard InChI is InChI=1S/C16H21N7O4/c1-20-14-13(15(26)21(2)16(20)27)23(10-17-14)7-3-6-22(8-11(25)9-24)12-4-5-18-19-12/h4-5,9-11,25H,3,6-8H2,1-2H3,(H,18,19). The molecule has 27 heavy (non-hydrogen) atoms. The molecular formula is C16H21N7O4. The summed E-state index contributed by atoms with van der Waals surface area (Å²) in [5, 5.41) is 16.3. The third-order valence-electron chi connectivity index (χ3n) is 4.44. The monoisotopic (exact) mass is 375 g/mol. The first-order valence-electron chi connectivity index (χ1n) is 8.42. The third-order valence-corrected chi connectivity index (χ3v) is 4.44. The van der Waals surface area contributed by atoms with Crippen LogP contribution in [0.2, 0.25) is 0 Å². The predicted octanol–water partition coefficient (Wildman–Crippen LogP) is -1.39. The van der Waals surface area contributed by atoms with Gasteiger partial charge in [-0.1, -0.05) is 0 Å². The number of hydrogen-bond acceptors (Lipinski definition) is 7. The smallest absolute Gasteiger partial charge is 0.332 e. The van der Waals surface area contributed by atoms with Gasteiger partial charge in [0.25, 0.3) is 5.56 Å². The summed E-state index contributed by atoms with van der Waals surface area (Å²) in [7, 11) is 3.00. The fourth-order valence-corrected chi connectivity index (χ4v) is 3.00. The number of aromatic amines is 1. The van der Waals surface area contributed by atoms with Crippen LogP contribution in [0.3, 0.4) is 0 Å². The Balaban J connectivity index is 1.79. The van der Waals surface area contributed by atoms with Crippen LogP contribution in [0, 0.1) is 0 Å². The minimum Gasteiger partial charge on any atom is -0.384 e. The number of nitrogens with zero attached hydrogens (tertiary/aromatic N) is 6. The summed E-state index contributed by atoms with van der Waals surface area (Å²) in [6, 6.07) is 1.75. The number of imidazole rings is 1. The van der Waals surface area contributed by atoms with E-state index in [9.17, 15) is 19.5 Å². The number of H-pyrrole nitrogens is 1. The average molecular weight is 375 g/mol. The van der Waals surface area contributed by atoms with E-state index in [2.05, 4.69) is 15.2 Å². The number of carbonyl (C=O) groups excluding carboxylic acids is 1. The molecule has 0 amide bonds. The summed E-state index contributed by atoms with van der Waals surface area (Å²) in [4.78, 5) is 41.2. The molecule has 0 aliphatic rings. The molecule has 0 radical (unpaired) electrons. The van der Waals surface area contributed by atoms with Crippen LogP contribution >= 0.6 is 0 Å². The van der Waals surface area contributed by atoms with Crippen LogP contribution in [0.25, 0.3) is 11.2 Å². The van der Waals surface area contributed by atoms with E-state index in [1.165, 1.54) is 17.9 Å².